The van der Waals surface area contributed by atoms with Crippen LogP contribution >= 0.6 is 15.9 Å². The minimum atomic E-state index is 0.829. The van der Waals surface area contributed by atoms with Crippen molar-refractivity contribution in [2.45, 2.75) is 26.2 Å². The highest BCUT2D eigenvalue weighted by atomic mass is 79.9. The molecule has 2 heteroatoms. The fourth-order valence-corrected chi connectivity index (χ4v) is 3.04. The van der Waals surface area contributed by atoms with Crippen molar-refractivity contribution in [3.05, 3.63) is 33.9 Å². The van der Waals surface area contributed by atoms with Gasteiger partial charge in [-0.25, -0.2) is 0 Å². The van der Waals surface area contributed by atoms with Gasteiger partial charge in [0.15, 0.2) is 0 Å². The third-order valence-electron chi connectivity index (χ3n) is 3.42. The molecule has 1 unspecified atom stereocenters. The lowest BCUT2D eigenvalue weighted by Gasteiger charge is -2.17. The Hall–Kier alpha value is -0.760. The van der Waals surface area contributed by atoms with Gasteiger partial charge in [-0.3, -0.25) is 0 Å². The molecule has 1 aromatic carbocycles. The lowest BCUT2D eigenvalue weighted by molar-refractivity contribution is 0.499. The smallest absolute Gasteiger partial charge is 0.0603 e. The van der Waals surface area contributed by atoms with Gasteiger partial charge in [-0.05, 0) is 52.7 Å². The summed E-state index contributed by atoms with van der Waals surface area (Å²) in [6.45, 7) is 2.35. The first-order valence-electron chi connectivity index (χ1n) is 5.53. The first-order chi connectivity index (χ1) is 7.25. The summed E-state index contributed by atoms with van der Waals surface area (Å²) in [4.78, 5) is 3.56. The Labute approximate surface area is 98.0 Å². The number of nitrogens with one attached hydrogen (secondary N) is 1. The van der Waals surface area contributed by atoms with Crippen LogP contribution in [0.2, 0.25) is 0 Å². The molecule has 1 nitrogen and oxygen atoms in total. The fourth-order valence-electron chi connectivity index (χ4n) is 2.58. The van der Waals surface area contributed by atoms with Gasteiger partial charge in [-0.2, -0.15) is 0 Å². The van der Waals surface area contributed by atoms with E-state index in [1.165, 1.54) is 40.3 Å². The van der Waals surface area contributed by atoms with E-state index >= 15 is 0 Å². The predicted octanol–water partition coefficient (Wildman–Crippen LogP) is 4.06. The number of hydrogen-bond donors (Lipinski definition) is 1. The van der Waals surface area contributed by atoms with Crippen molar-refractivity contribution in [3.8, 4) is 0 Å². The minimum Gasteiger partial charge on any atom is -0.357 e. The first-order valence-corrected chi connectivity index (χ1v) is 6.33. The van der Waals surface area contributed by atoms with Crippen molar-refractivity contribution in [2.24, 2.45) is 5.92 Å². The molecular formula is C13H14BrN. The second kappa shape index (κ2) is 3.38. The van der Waals surface area contributed by atoms with E-state index in [9.17, 15) is 0 Å². The Balaban J connectivity index is 2.29. The highest BCUT2D eigenvalue weighted by molar-refractivity contribution is 9.10. The van der Waals surface area contributed by atoms with E-state index in [2.05, 4.69) is 46.0 Å². The van der Waals surface area contributed by atoms with Gasteiger partial charge in [-0.15, -0.1) is 0 Å². The molecule has 78 valence electrons. The number of fused-ring (bicyclic) bond motifs is 3. The Morgan fingerprint density at radius 2 is 2.27 bits per heavy atom. The van der Waals surface area contributed by atoms with Gasteiger partial charge in [0.1, 0.15) is 0 Å². The molecule has 0 amide bonds. The number of aromatic amines is 1. The number of aryl methyl sites for hydroxylation is 1. The van der Waals surface area contributed by atoms with E-state index in [4.69, 9.17) is 0 Å². The van der Waals surface area contributed by atoms with Crippen LogP contribution in [0.3, 0.4) is 0 Å². The van der Waals surface area contributed by atoms with Crippen LogP contribution in [0.1, 0.15) is 24.6 Å². The minimum absolute atomic E-state index is 0.829. The molecule has 3 rings (SSSR count). The van der Waals surface area contributed by atoms with Gasteiger partial charge >= 0.3 is 0 Å². The highest BCUT2D eigenvalue weighted by Crippen LogP contribution is 2.34. The van der Waals surface area contributed by atoms with Crippen molar-refractivity contribution < 1.29 is 0 Å². The quantitative estimate of drug-likeness (QED) is 0.738. The molecule has 0 radical (unpaired) electrons. The van der Waals surface area contributed by atoms with Gasteiger partial charge in [0.25, 0.3) is 0 Å². The molecule has 0 spiro atoms. The second-order valence-corrected chi connectivity index (χ2v) is 5.45. The molecule has 1 aromatic heterocycles. The van der Waals surface area contributed by atoms with Crippen molar-refractivity contribution in [1.82, 2.24) is 4.98 Å². The molecule has 0 fully saturated rings. The first kappa shape index (κ1) is 9.46. The fraction of sp³-hybridized carbons (Fsp3) is 0.385. The Morgan fingerprint density at radius 1 is 1.40 bits per heavy atom. The van der Waals surface area contributed by atoms with Crippen molar-refractivity contribution in [2.75, 3.05) is 0 Å². The Morgan fingerprint density at radius 3 is 3.13 bits per heavy atom. The average Bonchev–Trinajstić information content (AvgIpc) is 2.58. The summed E-state index contributed by atoms with van der Waals surface area (Å²) in [5, 5.41) is 1.41. The highest BCUT2D eigenvalue weighted by Gasteiger charge is 2.20. The summed E-state index contributed by atoms with van der Waals surface area (Å²) < 4.78 is 1.18. The van der Waals surface area contributed by atoms with E-state index in [-0.39, 0.29) is 0 Å². The standard InChI is InChI=1S/C13H14BrN/c1-8-5-6-12-10(7-8)9-3-2-4-11(14)13(9)15-12/h2-4,8,15H,5-7H2,1H3. The summed E-state index contributed by atoms with van der Waals surface area (Å²) in [5.41, 5.74) is 4.27. The van der Waals surface area contributed by atoms with Gasteiger partial charge in [-0.1, -0.05) is 19.1 Å². The van der Waals surface area contributed by atoms with E-state index in [1.807, 2.05) is 0 Å². The number of rotatable bonds is 0. The molecule has 0 saturated carbocycles. The number of aromatic nitrogens is 1. The number of para-hydroxylation sites is 1. The average molecular weight is 264 g/mol. The lowest BCUT2D eigenvalue weighted by Crippen LogP contribution is -2.09. The summed E-state index contributed by atoms with van der Waals surface area (Å²) in [6.07, 6.45) is 3.75. The zero-order valence-electron chi connectivity index (χ0n) is 8.81. The SMILES string of the molecule is CC1CCc2[nH]c3c(Br)cccc3c2C1. The molecule has 1 heterocycles. The number of benzene rings is 1. The zero-order chi connectivity index (χ0) is 10.4. The molecule has 0 saturated heterocycles. The van der Waals surface area contributed by atoms with Crippen molar-refractivity contribution >= 4 is 26.8 Å². The number of hydrogen-bond acceptors (Lipinski definition) is 0. The van der Waals surface area contributed by atoms with Crippen LogP contribution < -0.4 is 0 Å². The van der Waals surface area contributed by atoms with Crippen LogP contribution in [0, 0.1) is 5.92 Å². The molecule has 15 heavy (non-hydrogen) atoms. The van der Waals surface area contributed by atoms with Crippen LogP contribution in [-0.2, 0) is 12.8 Å². The molecule has 1 N–H and O–H groups in total. The van der Waals surface area contributed by atoms with Gasteiger partial charge in [0.2, 0.25) is 0 Å². The third-order valence-corrected chi connectivity index (χ3v) is 4.08. The molecular weight excluding hydrogens is 250 g/mol. The summed E-state index contributed by atoms with van der Waals surface area (Å²) in [5.74, 6) is 0.829. The zero-order valence-corrected chi connectivity index (χ0v) is 10.4. The van der Waals surface area contributed by atoms with E-state index < -0.39 is 0 Å². The Bertz CT molecular complexity index is 512. The van der Waals surface area contributed by atoms with Gasteiger partial charge in [0.05, 0.1) is 5.52 Å². The van der Waals surface area contributed by atoms with Crippen LogP contribution in [0.25, 0.3) is 10.9 Å². The maximum Gasteiger partial charge on any atom is 0.0603 e. The maximum atomic E-state index is 3.61. The van der Waals surface area contributed by atoms with Crippen LogP contribution in [0.4, 0.5) is 0 Å². The molecule has 0 aliphatic heterocycles. The molecule has 1 aliphatic carbocycles. The second-order valence-electron chi connectivity index (χ2n) is 4.59. The molecule has 1 aliphatic rings. The summed E-state index contributed by atoms with van der Waals surface area (Å²) >= 11 is 3.61. The van der Waals surface area contributed by atoms with Crippen molar-refractivity contribution in [3.63, 3.8) is 0 Å². The molecule has 0 bridgehead atoms. The summed E-state index contributed by atoms with van der Waals surface area (Å²) in [6, 6.07) is 6.46. The number of halogens is 1. The van der Waals surface area contributed by atoms with Gasteiger partial charge in [0, 0.05) is 15.6 Å². The predicted molar refractivity (Wildman–Crippen MR) is 67.2 cm³/mol. The van der Waals surface area contributed by atoms with Crippen LogP contribution in [-0.4, -0.2) is 4.98 Å². The van der Waals surface area contributed by atoms with E-state index in [1.54, 1.807) is 5.56 Å². The largest absolute Gasteiger partial charge is 0.357 e. The lowest BCUT2D eigenvalue weighted by atomic mass is 9.88. The van der Waals surface area contributed by atoms with Crippen LogP contribution in [0.15, 0.2) is 22.7 Å². The normalized spacial score (nSPS) is 20.5. The topological polar surface area (TPSA) is 15.8 Å². The Kier molecular flexibility index (Phi) is 2.13. The van der Waals surface area contributed by atoms with E-state index in [0.29, 0.717) is 0 Å². The summed E-state index contributed by atoms with van der Waals surface area (Å²) in [7, 11) is 0. The van der Waals surface area contributed by atoms with Crippen molar-refractivity contribution in [1.29, 1.82) is 0 Å². The van der Waals surface area contributed by atoms with E-state index in [0.717, 1.165) is 5.92 Å². The van der Waals surface area contributed by atoms with Gasteiger partial charge < -0.3 is 4.98 Å². The molecule has 1 atom stereocenters. The van der Waals surface area contributed by atoms with Crippen LogP contribution in [0.5, 0.6) is 0 Å². The molecule has 2 aromatic rings. The number of H-pyrrole nitrogens is 1. The third kappa shape index (κ3) is 1.43. The monoisotopic (exact) mass is 263 g/mol. The maximum absolute atomic E-state index is 3.61.